The van der Waals surface area contributed by atoms with E-state index in [-0.39, 0.29) is 12.1 Å². The Balaban J connectivity index is 1.86. The molecule has 0 heterocycles. The average molecular weight is 293 g/mol. The van der Waals surface area contributed by atoms with Crippen LogP contribution >= 0.6 is 0 Å². The molecule has 0 N–H and O–H groups in total. The van der Waals surface area contributed by atoms with Gasteiger partial charge in [-0.3, -0.25) is 0 Å². The van der Waals surface area contributed by atoms with Crippen molar-refractivity contribution in [3.8, 4) is 11.5 Å². The van der Waals surface area contributed by atoms with E-state index in [1.807, 2.05) is 18.2 Å². The molecule has 0 unspecified atom stereocenters. The van der Waals surface area contributed by atoms with E-state index in [0.29, 0.717) is 6.61 Å². The largest absolute Gasteiger partial charge is 0.493 e. The molecule has 0 aromatic heterocycles. The van der Waals surface area contributed by atoms with Gasteiger partial charge in [0.15, 0.2) is 11.5 Å². The second-order valence-electron chi connectivity index (χ2n) is 5.31. The molecule has 0 saturated heterocycles. The highest BCUT2D eigenvalue weighted by Gasteiger charge is 2.26. The molecule has 1 aliphatic rings. The monoisotopic (exact) mass is 293 g/mol. The molecule has 1 aliphatic carbocycles. The van der Waals surface area contributed by atoms with Crippen LogP contribution in [0.3, 0.4) is 0 Å². The third-order valence-corrected chi connectivity index (χ3v) is 3.97. The molecule has 2 atom stereocenters. The highest BCUT2D eigenvalue weighted by Crippen LogP contribution is 2.28. The normalized spacial score (nSPS) is 21.8. The number of ether oxygens (including phenoxy) is 3. The number of nitroso groups, excluding NO2 is 1. The molecule has 0 radical (unpaired) electrons. The topological polar surface area (TPSA) is 57.1 Å². The van der Waals surface area contributed by atoms with Crippen molar-refractivity contribution in [2.24, 2.45) is 5.18 Å². The van der Waals surface area contributed by atoms with Crippen molar-refractivity contribution in [2.75, 3.05) is 20.8 Å². The highest BCUT2D eigenvalue weighted by atomic mass is 16.5. The molecular weight excluding hydrogens is 270 g/mol. The maximum Gasteiger partial charge on any atom is 0.160 e. The van der Waals surface area contributed by atoms with Gasteiger partial charge in [-0.25, -0.2) is 0 Å². The molecule has 0 bridgehead atoms. The Morgan fingerprint density at radius 3 is 2.62 bits per heavy atom. The van der Waals surface area contributed by atoms with E-state index in [1.54, 1.807) is 14.2 Å². The van der Waals surface area contributed by atoms with Crippen molar-refractivity contribution in [3.63, 3.8) is 0 Å². The zero-order chi connectivity index (χ0) is 15.1. The van der Waals surface area contributed by atoms with Crippen molar-refractivity contribution in [1.82, 2.24) is 0 Å². The van der Waals surface area contributed by atoms with Crippen molar-refractivity contribution in [2.45, 2.75) is 44.2 Å². The Kier molecular flexibility index (Phi) is 5.99. The van der Waals surface area contributed by atoms with Gasteiger partial charge >= 0.3 is 0 Å². The molecule has 0 aliphatic heterocycles. The van der Waals surface area contributed by atoms with Gasteiger partial charge in [0.05, 0.1) is 26.9 Å². The fourth-order valence-electron chi connectivity index (χ4n) is 2.76. The minimum absolute atomic E-state index is 0.0172. The first-order valence-electron chi connectivity index (χ1n) is 7.43. The zero-order valence-electron chi connectivity index (χ0n) is 12.7. The fraction of sp³-hybridized carbons (Fsp3) is 0.625. The number of hydrogen-bond donors (Lipinski definition) is 0. The fourth-order valence-corrected chi connectivity index (χ4v) is 2.76. The Bertz CT molecular complexity index is 464. The smallest absolute Gasteiger partial charge is 0.160 e. The van der Waals surface area contributed by atoms with Gasteiger partial charge in [-0.1, -0.05) is 24.1 Å². The standard InChI is InChI=1S/C16H23NO4/c1-19-15-8-7-12(11-16(15)20-2)9-10-21-14-6-4-3-5-13(14)17-18/h7-8,11,13-14H,3-6,9-10H2,1-2H3/t13-,14+/m0/s1. The van der Waals surface area contributed by atoms with Crippen LogP contribution in [0.25, 0.3) is 0 Å². The van der Waals surface area contributed by atoms with Gasteiger partial charge in [0, 0.05) is 0 Å². The van der Waals surface area contributed by atoms with E-state index in [4.69, 9.17) is 14.2 Å². The van der Waals surface area contributed by atoms with Gasteiger partial charge in [-0.05, 0) is 37.0 Å². The quantitative estimate of drug-likeness (QED) is 0.723. The van der Waals surface area contributed by atoms with Crippen molar-refractivity contribution < 1.29 is 14.2 Å². The van der Waals surface area contributed by atoms with Crippen LogP contribution in [0.5, 0.6) is 11.5 Å². The van der Waals surface area contributed by atoms with Gasteiger partial charge in [0.2, 0.25) is 0 Å². The predicted molar refractivity (Wildman–Crippen MR) is 81.0 cm³/mol. The number of methoxy groups -OCH3 is 2. The van der Waals surface area contributed by atoms with Gasteiger partial charge < -0.3 is 14.2 Å². The first kappa shape index (κ1) is 15.8. The lowest BCUT2D eigenvalue weighted by Crippen LogP contribution is -2.31. The van der Waals surface area contributed by atoms with Crippen LogP contribution in [-0.2, 0) is 11.2 Å². The van der Waals surface area contributed by atoms with E-state index in [1.165, 1.54) is 0 Å². The molecule has 5 heteroatoms. The molecule has 1 aromatic rings. The van der Waals surface area contributed by atoms with Gasteiger partial charge in [-0.15, -0.1) is 0 Å². The van der Waals surface area contributed by atoms with Gasteiger partial charge in [0.25, 0.3) is 0 Å². The van der Waals surface area contributed by atoms with Crippen LogP contribution in [-0.4, -0.2) is 33.0 Å². The summed E-state index contributed by atoms with van der Waals surface area (Å²) in [6, 6.07) is 5.67. The van der Waals surface area contributed by atoms with E-state index >= 15 is 0 Å². The molecule has 1 saturated carbocycles. The third kappa shape index (κ3) is 4.17. The summed E-state index contributed by atoms with van der Waals surface area (Å²) in [5, 5.41) is 3.19. The molecule has 1 fully saturated rings. The lowest BCUT2D eigenvalue weighted by atomic mass is 9.93. The molecule has 5 nitrogen and oxygen atoms in total. The summed E-state index contributed by atoms with van der Waals surface area (Å²) in [5.41, 5.74) is 1.12. The molecule has 21 heavy (non-hydrogen) atoms. The maximum atomic E-state index is 10.8. The average Bonchev–Trinajstić information content (AvgIpc) is 2.55. The van der Waals surface area contributed by atoms with Gasteiger partial charge in [-0.2, -0.15) is 4.91 Å². The molecule has 1 aromatic carbocycles. The lowest BCUT2D eigenvalue weighted by molar-refractivity contribution is 0.0171. The molecule has 116 valence electrons. The van der Waals surface area contributed by atoms with Crippen LogP contribution in [0.1, 0.15) is 31.2 Å². The Morgan fingerprint density at radius 2 is 1.90 bits per heavy atom. The van der Waals surface area contributed by atoms with Gasteiger partial charge in [0.1, 0.15) is 6.04 Å². The maximum absolute atomic E-state index is 10.8. The Hall–Kier alpha value is -1.62. The molecule has 2 rings (SSSR count). The highest BCUT2D eigenvalue weighted by molar-refractivity contribution is 5.42. The van der Waals surface area contributed by atoms with Crippen LogP contribution in [0.4, 0.5) is 0 Å². The van der Waals surface area contributed by atoms with Crippen LogP contribution < -0.4 is 9.47 Å². The number of hydrogen-bond acceptors (Lipinski definition) is 5. The van der Waals surface area contributed by atoms with E-state index in [0.717, 1.165) is 49.2 Å². The Morgan fingerprint density at radius 1 is 1.14 bits per heavy atom. The second-order valence-corrected chi connectivity index (χ2v) is 5.31. The number of benzene rings is 1. The molecule has 0 amide bonds. The summed E-state index contributed by atoms with van der Waals surface area (Å²) in [4.78, 5) is 10.8. The number of rotatable bonds is 7. The summed E-state index contributed by atoms with van der Waals surface area (Å²) >= 11 is 0. The van der Waals surface area contributed by atoms with Crippen molar-refractivity contribution in [3.05, 3.63) is 28.7 Å². The summed E-state index contributed by atoms with van der Waals surface area (Å²) in [6.07, 6.45) is 4.74. The van der Waals surface area contributed by atoms with E-state index in [9.17, 15) is 4.91 Å². The van der Waals surface area contributed by atoms with Crippen molar-refractivity contribution >= 4 is 0 Å². The second kappa shape index (κ2) is 7.98. The lowest BCUT2D eigenvalue weighted by Gasteiger charge is -2.26. The minimum Gasteiger partial charge on any atom is -0.493 e. The summed E-state index contributed by atoms with van der Waals surface area (Å²) in [6.45, 7) is 0.589. The Labute approximate surface area is 125 Å². The SMILES string of the molecule is COc1ccc(CCO[C@@H]2CCCC[C@@H]2N=O)cc1OC. The zero-order valence-corrected chi connectivity index (χ0v) is 12.7. The third-order valence-electron chi connectivity index (χ3n) is 3.97. The van der Waals surface area contributed by atoms with E-state index < -0.39 is 0 Å². The van der Waals surface area contributed by atoms with E-state index in [2.05, 4.69) is 5.18 Å². The summed E-state index contributed by atoms with van der Waals surface area (Å²) in [5.74, 6) is 1.44. The van der Waals surface area contributed by atoms with Crippen molar-refractivity contribution in [1.29, 1.82) is 0 Å². The summed E-state index contributed by atoms with van der Waals surface area (Å²) < 4.78 is 16.4. The van der Waals surface area contributed by atoms with Crippen LogP contribution in [0, 0.1) is 4.91 Å². The van der Waals surface area contributed by atoms with Crippen LogP contribution in [0.2, 0.25) is 0 Å². The number of nitrogens with zero attached hydrogens (tertiary/aromatic N) is 1. The first-order valence-corrected chi connectivity index (χ1v) is 7.43. The molecule has 0 spiro atoms. The first-order chi connectivity index (χ1) is 10.3. The predicted octanol–water partition coefficient (Wildman–Crippen LogP) is 3.34. The minimum atomic E-state index is -0.177. The summed E-state index contributed by atoms with van der Waals surface area (Å²) in [7, 11) is 3.25. The molecular formula is C16H23NO4. The van der Waals surface area contributed by atoms with Crippen LogP contribution in [0.15, 0.2) is 23.4 Å².